The van der Waals surface area contributed by atoms with Gasteiger partial charge in [0.05, 0.1) is 24.9 Å². The summed E-state index contributed by atoms with van der Waals surface area (Å²) >= 11 is 0. The van der Waals surface area contributed by atoms with Crippen molar-refractivity contribution in [2.45, 2.75) is 115 Å². The summed E-state index contributed by atoms with van der Waals surface area (Å²) in [5.74, 6) is -1.67. The van der Waals surface area contributed by atoms with Gasteiger partial charge < -0.3 is 43.2 Å². The van der Waals surface area contributed by atoms with Crippen LogP contribution < -0.4 is 5.32 Å². The fraction of sp³-hybridized carbons (Fsp3) is 0.704. The van der Waals surface area contributed by atoms with E-state index in [0.29, 0.717) is 0 Å². The smallest absolute Gasteiger partial charge is 0.303 e. The Kier molecular flexibility index (Phi) is 9.08. The minimum atomic E-state index is -0.958. The first-order valence-electron chi connectivity index (χ1n) is 12.9. The van der Waals surface area contributed by atoms with Gasteiger partial charge in [-0.15, -0.1) is 0 Å². The second-order valence-electron chi connectivity index (χ2n) is 10.4. The highest BCUT2D eigenvalue weighted by molar-refractivity contribution is 5.73. The minimum absolute atomic E-state index is 0.215. The molecule has 0 saturated carbocycles. The molecule has 3 aliphatic heterocycles. The quantitative estimate of drug-likeness (QED) is 0.494. The number of fused-ring (bicyclic) bond motifs is 1. The predicted molar refractivity (Wildman–Crippen MR) is 133 cm³/mol. The third-order valence-corrected chi connectivity index (χ3v) is 6.84. The number of benzene rings is 1. The minimum Gasteiger partial charge on any atom is -0.457 e. The van der Waals surface area contributed by atoms with E-state index in [2.05, 4.69) is 5.32 Å². The van der Waals surface area contributed by atoms with Crippen LogP contribution in [-0.2, 0) is 54.1 Å². The van der Waals surface area contributed by atoms with Crippen molar-refractivity contribution in [1.29, 1.82) is 0 Å². The van der Waals surface area contributed by atoms with Crippen LogP contribution in [0.25, 0.3) is 0 Å². The van der Waals surface area contributed by atoms with Crippen molar-refractivity contribution < 1.29 is 47.5 Å². The first-order valence-corrected chi connectivity index (χ1v) is 12.9. The van der Waals surface area contributed by atoms with E-state index in [1.165, 1.54) is 13.8 Å². The van der Waals surface area contributed by atoms with E-state index in [4.69, 9.17) is 37.9 Å². The van der Waals surface area contributed by atoms with E-state index in [-0.39, 0.29) is 12.5 Å². The number of hydrogen-bond acceptors (Lipinski definition) is 10. The Bertz CT molecular complexity index is 958. The summed E-state index contributed by atoms with van der Waals surface area (Å²) in [7, 11) is 1.55. The zero-order chi connectivity index (χ0) is 27.6. The van der Waals surface area contributed by atoms with Crippen LogP contribution in [0.4, 0.5) is 0 Å². The average Bonchev–Trinajstić information content (AvgIpc) is 3.17. The van der Waals surface area contributed by atoms with Crippen molar-refractivity contribution in [1.82, 2.24) is 5.32 Å². The topological polar surface area (TPSA) is 120 Å². The molecule has 0 bridgehead atoms. The highest BCUT2D eigenvalue weighted by Gasteiger charge is 2.57. The lowest BCUT2D eigenvalue weighted by molar-refractivity contribution is -0.335. The van der Waals surface area contributed by atoms with Gasteiger partial charge in [-0.05, 0) is 33.3 Å². The van der Waals surface area contributed by atoms with E-state index in [1.807, 2.05) is 51.1 Å². The summed E-state index contributed by atoms with van der Waals surface area (Å²) in [5.41, 5.74) is 0.919. The molecule has 11 nitrogen and oxygen atoms in total. The van der Waals surface area contributed by atoms with Gasteiger partial charge in [0.1, 0.15) is 24.4 Å². The molecular formula is C27H39NO10. The summed E-state index contributed by atoms with van der Waals surface area (Å²) in [6.07, 6.45) is -5.94. The number of hydrogen-bond donors (Lipinski definition) is 1. The van der Waals surface area contributed by atoms with Gasteiger partial charge in [0, 0.05) is 21.0 Å². The highest BCUT2D eigenvalue weighted by atomic mass is 16.8. The van der Waals surface area contributed by atoms with E-state index in [9.17, 15) is 9.59 Å². The van der Waals surface area contributed by atoms with Crippen molar-refractivity contribution in [3.05, 3.63) is 35.9 Å². The Morgan fingerprint density at radius 3 is 2.18 bits per heavy atom. The van der Waals surface area contributed by atoms with Crippen molar-refractivity contribution in [2.75, 3.05) is 7.11 Å². The first kappa shape index (κ1) is 28.9. The van der Waals surface area contributed by atoms with Crippen LogP contribution in [0.1, 0.15) is 47.1 Å². The van der Waals surface area contributed by atoms with Gasteiger partial charge in [0.2, 0.25) is 5.91 Å². The molecule has 0 radical (unpaired) electrons. The molecule has 3 saturated heterocycles. The third kappa shape index (κ3) is 6.53. The SMILES string of the molecule is CO[C@H]1O[C@H](C)[C@@H](O[C@@H]2O[C@H](C)[C@H](OC(C)=O)[C@H](NC(C)=O)[C@H]2OCc2ccccc2)[C@@H]2OC(C)(C)O[C@H]12. The highest BCUT2D eigenvalue weighted by Crippen LogP contribution is 2.40. The van der Waals surface area contributed by atoms with Crippen molar-refractivity contribution >= 4 is 11.9 Å². The molecule has 3 heterocycles. The Morgan fingerprint density at radius 2 is 1.55 bits per heavy atom. The Labute approximate surface area is 223 Å². The molecule has 3 aliphatic rings. The Balaban J connectivity index is 1.63. The standard InChI is InChI=1S/C27H39NO10/c1-14-20(35-17(4)30)19(28-16(3)29)22(32-13-18-11-9-8-10-12-18)26(34-14)36-21-15(2)33-25(31-7)24-23(21)37-27(5,6)38-24/h8-12,14-15,19-26H,13H2,1-7H3,(H,28,29)/t14-,15-,19+,20+,21-,22-,23+,24+,25+,26+/m1/s1. The van der Waals surface area contributed by atoms with Gasteiger partial charge in [-0.25, -0.2) is 0 Å². The van der Waals surface area contributed by atoms with Gasteiger partial charge in [-0.3, -0.25) is 9.59 Å². The fourth-order valence-corrected chi connectivity index (χ4v) is 5.28. The number of carbonyl (C=O) groups is 2. The molecule has 1 amide bonds. The van der Waals surface area contributed by atoms with E-state index >= 15 is 0 Å². The molecule has 11 heteroatoms. The summed E-state index contributed by atoms with van der Waals surface area (Å²) in [6, 6.07) is 8.84. The van der Waals surface area contributed by atoms with Crippen LogP contribution in [0.5, 0.6) is 0 Å². The maximum absolute atomic E-state index is 12.2. The Hall–Kier alpha value is -2.12. The molecule has 0 aliphatic carbocycles. The first-order chi connectivity index (χ1) is 18.0. The molecule has 1 aromatic carbocycles. The predicted octanol–water partition coefficient (Wildman–Crippen LogP) is 2.05. The maximum atomic E-state index is 12.2. The van der Waals surface area contributed by atoms with E-state index in [0.717, 1.165) is 5.56 Å². The zero-order valence-electron chi connectivity index (χ0n) is 22.9. The molecule has 1 aromatic rings. The van der Waals surface area contributed by atoms with Gasteiger partial charge >= 0.3 is 5.97 Å². The number of nitrogens with one attached hydrogen (secondary N) is 1. The second kappa shape index (κ2) is 12.0. The number of methoxy groups -OCH3 is 1. The van der Waals surface area contributed by atoms with Crippen LogP contribution in [0.15, 0.2) is 30.3 Å². The van der Waals surface area contributed by atoms with Crippen molar-refractivity contribution in [3.8, 4) is 0 Å². The molecule has 4 rings (SSSR count). The number of rotatable bonds is 8. The normalized spacial score (nSPS) is 38.3. The molecule has 0 unspecified atom stereocenters. The molecule has 38 heavy (non-hydrogen) atoms. The Morgan fingerprint density at radius 1 is 0.921 bits per heavy atom. The monoisotopic (exact) mass is 537 g/mol. The van der Waals surface area contributed by atoms with Gasteiger partial charge in [-0.1, -0.05) is 30.3 Å². The lowest BCUT2D eigenvalue weighted by Gasteiger charge is -2.48. The number of ether oxygens (including phenoxy) is 8. The van der Waals surface area contributed by atoms with Crippen LogP contribution >= 0.6 is 0 Å². The summed E-state index contributed by atoms with van der Waals surface area (Å²) in [6.45, 7) is 10.2. The maximum Gasteiger partial charge on any atom is 0.303 e. The van der Waals surface area contributed by atoms with Crippen LogP contribution in [0.2, 0.25) is 0 Å². The summed E-state index contributed by atoms with van der Waals surface area (Å²) in [4.78, 5) is 24.2. The third-order valence-electron chi connectivity index (χ3n) is 6.84. The number of amides is 1. The largest absolute Gasteiger partial charge is 0.457 e. The lowest BCUT2D eigenvalue weighted by Crippen LogP contribution is -2.67. The van der Waals surface area contributed by atoms with Gasteiger partial charge in [0.25, 0.3) is 0 Å². The molecule has 1 N–H and O–H groups in total. The zero-order valence-corrected chi connectivity index (χ0v) is 22.9. The van der Waals surface area contributed by atoms with Crippen molar-refractivity contribution in [3.63, 3.8) is 0 Å². The molecule has 212 valence electrons. The van der Waals surface area contributed by atoms with E-state index < -0.39 is 73.1 Å². The summed E-state index contributed by atoms with van der Waals surface area (Å²) < 4.78 is 48.6. The molecule has 3 fully saturated rings. The molecule has 0 spiro atoms. The molecule has 10 atom stereocenters. The van der Waals surface area contributed by atoms with Gasteiger partial charge in [-0.2, -0.15) is 0 Å². The lowest BCUT2D eigenvalue weighted by atomic mass is 9.95. The second-order valence-corrected chi connectivity index (χ2v) is 10.4. The number of esters is 1. The van der Waals surface area contributed by atoms with Crippen LogP contribution in [0, 0.1) is 0 Å². The van der Waals surface area contributed by atoms with Crippen molar-refractivity contribution in [2.24, 2.45) is 0 Å². The molecule has 0 aromatic heterocycles. The number of carbonyl (C=O) groups excluding carboxylic acids is 2. The van der Waals surface area contributed by atoms with Crippen LogP contribution in [-0.4, -0.2) is 86.1 Å². The summed E-state index contributed by atoms with van der Waals surface area (Å²) in [5, 5.41) is 2.90. The molecular weight excluding hydrogens is 498 g/mol. The van der Waals surface area contributed by atoms with Gasteiger partial charge in [0.15, 0.2) is 24.5 Å². The van der Waals surface area contributed by atoms with E-state index in [1.54, 1.807) is 14.0 Å². The van der Waals surface area contributed by atoms with Crippen LogP contribution in [0.3, 0.4) is 0 Å². The average molecular weight is 538 g/mol. The fourth-order valence-electron chi connectivity index (χ4n) is 5.28.